The molecule has 2 unspecified atom stereocenters. The van der Waals surface area contributed by atoms with Crippen LogP contribution in [0.4, 0.5) is 5.82 Å². The number of nitrogens with zero attached hydrogens (tertiary/aromatic N) is 4. The van der Waals surface area contributed by atoms with Crippen LogP contribution in [0.25, 0.3) is 11.5 Å². The summed E-state index contributed by atoms with van der Waals surface area (Å²) in [5, 5.41) is 0. The smallest absolute Gasteiger partial charge is 0.313 e. The van der Waals surface area contributed by atoms with Crippen LogP contribution < -0.4 is 4.90 Å². The van der Waals surface area contributed by atoms with Gasteiger partial charge in [-0.15, -0.1) is 0 Å². The molecular weight excluding hydrogens is 340 g/mol. The summed E-state index contributed by atoms with van der Waals surface area (Å²) in [5.41, 5.74) is 2.84. The zero-order chi connectivity index (χ0) is 18.4. The largest absolute Gasteiger partial charge is 0.469 e. The minimum absolute atomic E-state index is 0.0526. The second-order valence-electron chi connectivity index (χ2n) is 7.98. The van der Waals surface area contributed by atoms with Crippen molar-refractivity contribution in [3.05, 3.63) is 35.7 Å². The summed E-state index contributed by atoms with van der Waals surface area (Å²) in [6, 6.07) is 5.82. The van der Waals surface area contributed by atoms with Gasteiger partial charge in [-0.1, -0.05) is 12.5 Å². The number of carbonyl (C=O) groups excluding carboxylic acids is 1. The second kappa shape index (κ2) is 6.29. The molecule has 0 N–H and O–H groups in total. The fourth-order valence-electron chi connectivity index (χ4n) is 5.27. The normalized spacial score (nSPS) is 26.1. The van der Waals surface area contributed by atoms with E-state index in [0.717, 1.165) is 62.3 Å². The lowest BCUT2D eigenvalue weighted by atomic mass is 9.81. The second-order valence-corrected chi connectivity index (χ2v) is 7.98. The first-order chi connectivity index (χ1) is 13.2. The van der Waals surface area contributed by atoms with E-state index in [4.69, 9.17) is 14.7 Å². The van der Waals surface area contributed by atoms with Crippen molar-refractivity contribution in [2.24, 2.45) is 11.3 Å². The van der Waals surface area contributed by atoms with Gasteiger partial charge in [0.05, 0.1) is 12.5 Å². The van der Waals surface area contributed by atoms with E-state index in [1.54, 1.807) is 6.20 Å². The molecule has 0 radical (unpaired) electrons. The van der Waals surface area contributed by atoms with Crippen LogP contribution in [0.15, 0.2) is 24.4 Å². The highest BCUT2D eigenvalue weighted by Crippen LogP contribution is 2.51. The minimum Gasteiger partial charge on any atom is -0.469 e. The molecule has 2 aromatic rings. The van der Waals surface area contributed by atoms with Crippen LogP contribution in [0, 0.1) is 11.3 Å². The van der Waals surface area contributed by atoms with Crippen molar-refractivity contribution in [1.29, 1.82) is 0 Å². The molecule has 0 aromatic carbocycles. The monoisotopic (exact) mass is 364 g/mol. The predicted molar refractivity (Wildman–Crippen MR) is 101 cm³/mol. The molecule has 2 aliphatic carbocycles. The Labute approximate surface area is 159 Å². The molecule has 140 valence electrons. The Morgan fingerprint density at radius 2 is 2.19 bits per heavy atom. The molecule has 2 aromatic heterocycles. The molecule has 6 heteroatoms. The Morgan fingerprint density at radius 3 is 3.00 bits per heavy atom. The van der Waals surface area contributed by atoms with E-state index in [1.165, 1.54) is 12.7 Å². The van der Waals surface area contributed by atoms with Crippen LogP contribution in [-0.2, 0) is 22.4 Å². The summed E-state index contributed by atoms with van der Waals surface area (Å²) < 4.78 is 5.20. The molecule has 5 rings (SSSR count). The Kier molecular flexibility index (Phi) is 3.88. The van der Waals surface area contributed by atoms with Crippen molar-refractivity contribution in [3.63, 3.8) is 0 Å². The number of fused-ring (bicyclic) bond motifs is 2. The van der Waals surface area contributed by atoms with Crippen molar-refractivity contribution in [2.45, 2.75) is 38.5 Å². The summed E-state index contributed by atoms with van der Waals surface area (Å²) in [4.78, 5) is 29.1. The lowest BCUT2D eigenvalue weighted by Crippen LogP contribution is -2.37. The maximum absolute atomic E-state index is 12.6. The Balaban J connectivity index is 1.56. The Hall–Kier alpha value is -2.50. The number of pyridine rings is 1. The molecule has 0 bridgehead atoms. The zero-order valence-electron chi connectivity index (χ0n) is 15.6. The molecule has 27 heavy (non-hydrogen) atoms. The Bertz CT molecular complexity index is 885. The number of hydrogen-bond donors (Lipinski definition) is 0. The summed E-state index contributed by atoms with van der Waals surface area (Å²) >= 11 is 0. The molecule has 2 fully saturated rings. The molecule has 0 amide bonds. The Morgan fingerprint density at radius 1 is 1.26 bits per heavy atom. The quantitative estimate of drug-likeness (QED) is 0.780. The number of ether oxygens (including phenoxy) is 1. The predicted octanol–water partition coefficient (Wildman–Crippen LogP) is 2.81. The van der Waals surface area contributed by atoms with Crippen LogP contribution in [0.5, 0.6) is 0 Å². The third-order valence-corrected chi connectivity index (χ3v) is 6.57. The van der Waals surface area contributed by atoms with Gasteiger partial charge in [0.2, 0.25) is 0 Å². The van der Waals surface area contributed by atoms with Gasteiger partial charge in [-0.3, -0.25) is 9.78 Å². The van der Waals surface area contributed by atoms with E-state index >= 15 is 0 Å². The van der Waals surface area contributed by atoms with E-state index < -0.39 is 0 Å². The van der Waals surface area contributed by atoms with Crippen LogP contribution in [0.2, 0.25) is 0 Å². The molecule has 3 aliphatic rings. The first-order valence-electron chi connectivity index (χ1n) is 9.86. The topological polar surface area (TPSA) is 68.2 Å². The fraction of sp³-hybridized carbons (Fsp3) is 0.524. The highest BCUT2D eigenvalue weighted by atomic mass is 16.5. The van der Waals surface area contributed by atoms with Crippen LogP contribution in [0.1, 0.15) is 36.9 Å². The molecule has 1 saturated heterocycles. The lowest BCUT2D eigenvalue weighted by molar-refractivity contribution is -0.152. The van der Waals surface area contributed by atoms with Gasteiger partial charge in [0.1, 0.15) is 11.5 Å². The van der Waals surface area contributed by atoms with Gasteiger partial charge in [-0.25, -0.2) is 9.97 Å². The van der Waals surface area contributed by atoms with E-state index in [-0.39, 0.29) is 11.4 Å². The first-order valence-corrected chi connectivity index (χ1v) is 9.86. The minimum atomic E-state index is -0.365. The number of anilines is 1. The number of methoxy groups -OCH3 is 1. The summed E-state index contributed by atoms with van der Waals surface area (Å²) in [6.45, 7) is 1.58. The van der Waals surface area contributed by atoms with Crippen molar-refractivity contribution in [2.75, 3.05) is 25.1 Å². The van der Waals surface area contributed by atoms with Gasteiger partial charge in [-0.05, 0) is 50.2 Å². The van der Waals surface area contributed by atoms with Gasteiger partial charge in [0.15, 0.2) is 5.82 Å². The van der Waals surface area contributed by atoms with Crippen LogP contribution in [-0.4, -0.2) is 41.1 Å². The van der Waals surface area contributed by atoms with Crippen molar-refractivity contribution in [1.82, 2.24) is 15.0 Å². The standard InChI is InChI=1S/C21H24N4O2/c1-27-20(26)21-10-5-6-14(21)12-25(13-21)19-15-7-4-9-16(15)23-18(24-19)17-8-2-3-11-22-17/h2-3,8,11,14H,4-7,9-10,12-13H2,1H3. The molecular formula is C21H24N4O2. The molecule has 3 heterocycles. The maximum Gasteiger partial charge on any atom is 0.313 e. The average molecular weight is 364 g/mol. The maximum atomic E-state index is 12.6. The molecule has 1 saturated carbocycles. The average Bonchev–Trinajstić information content (AvgIpc) is 3.41. The number of carbonyl (C=O) groups is 1. The summed E-state index contributed by atoms with van der Waals surface area (Å²) in [5.74, 6) is 2.00. The van der Waals surface area contributed by atoms with Gasteiger partial charge in [0.25, 0.3) is 0 Å². The van der Waals surface area contributed by atoms with Gasteiger partial charge >= 0.3 is 5.97 Å². The fourth-order valence-corrected chi connectivity index (χ4v) is 5.27. The van der Waals surface area contributed by atoms with Crippen molar-refractivity contribution >= 4 is 11.8 Å². The number of rotatable bonds is 3. The summed E-state index contributed by atoms with van der Waals surface area (Å²) in [7, 11) is 1.51. The van der Waals surface area contributed by atoms with Crippen LogP contribution in [0.3, 0.4) is 0 Å². The lowest BCUT2D eigenvalue weighted by Gasteiger charge is -2.26. The number of esters is 1. The molecule has 0 spiro atoms. The van der Waals surface area contributed by atoms with Gasteiger partial charge in [0, 0.05) is 30.5 Å². The van der Waals surface area contributed by atoms with E-state index in [1.807, 2.05) is 18.2 Å². The molecule has 2 atom stereocenters. The zero-order valence-corrected chi connectivity index (χ0v) is 15.6. The number of aromatic nitrogens is 3. The first kappa shape index (κ1) is 16.7. The third-order valence-electron chi connectivity index (χ3n) is 6.57. The van der Waals surface area contributed by atoms with Crippen molar-refractivity contribution < 1.29 is 9.53 Å². The number of hydrogen-bond acceptors (Lipinski definition) is 6. The SMILES string of the molecule is COC(=O)C12CCCC1CN(c1nc(-c3ccccn3)nc3c1CCC3)C2. The van der Waals surface area contributed by atoms with Crippen molar-refractivity contribution in [3.8, 4) is 11.5 Å². The van der Waals surface area contributed by atoms with E-state index in [0.29, 0.717) is 18.3 Å². The number of aryl methyl sites for hydroxylation is 1. The van der Waals surface area contributed by atoms with E-state index in [2.05, 4.69) is 9.88 Å². The highest BCUT2D eigenvalue weighted by Gasteiger charge is 2.56. The third kappa shape index (κ3) is 2.53. The van der Waals surface area contributed by atoms with Gasteiger partial charge in [-0.2, -0.15) is 0 Å². The van der Waals surface area contributed by atoms with Crippen LogP contribution >= 0.6 is 0 Å². The van der Waals surface area contributed by atoms with Gasteiger partial charge < -0.3 is 9.64 Å². The highest BCUT2D eigenvalue weighted by molar-refractivity contribution is 5.80. The van der Waals surface area contributed by atoms with E-state index in [9.17, 15) is 4.79 Å². The molecule has 1 aliphatic heterocycles. The molecule has 6 nitrogen and oxygen atoms in total. The summed E-state index contributed by atoms with van der Waals surface area (Å²) in [6.07, 6.45) is 8.01.